The number of alkyl halides is 1. The van der Waals surface area contributed by atoms with Crippen LogP contribution < -0.4 is 0 Å². The first-order valence-corrected chi connectivity index (χ1v) is 6.32. The van der Waals surface area contributed by atoms with Crippen LogP contribution in [0.15, 0.2) is 0 Å². The van der Waals surface area contributed by atoms with E-state index in [-0.39, 0.29) is 19.2 Å². The molecule has 2 aliphatic rings. The van der Waals surface area contributed by atoms with Crippen molar-refractivity contribution in [2.45, 2.75) is 38.6 Å². The summed E-state index contributed by atoms with van der Waals surface area (Å²) in [6.45, 7) is 6.22. The van der Waals surface area contributed by atoms with Crippen LogP contribution in [0.25, 0.3) is 0 Å². The van der Waals surface area contributed by atoms with Crippen molar-refractivity contribution in [2.24, 2.45) is 0 Å². The molecule has 2 rings (SSSR count). The molecule has 19 heavy (non-hydrogen) atoms. The average molecular weight is 274 g/mol. The van der Waals surface area contributed by atoms with Gasteiger partial charge in [0.25, 0.3) is 0 Å². The normalized spacial score (nSPS) is 20.6. The van der Waals surface area contributed by atoms with E-state index in [0.29, 0.717) is 13.1 Å². The van der Waals surface area contributed by atoms with Crippen LogP contribution in [0.2, 0.25) is 0 Å². The van der Waals surface area contributed by atoms with E-state index in [1.807, 2.05) is 0 Å². The van der Waals surface area contributed by atoms with Gasteiger partial charge in [-0.1, -0.05) is 0 Å². The van der Waals surface area contributed by atoms with Gasteiger partial charge in [-0.3, -0.25) is 0 Å². The lowest BCUT2D eigenvalue weighted by molar-refractivity contribution is -0.0523. The topological polar surface area (TPSA) is 59.1 Å². The summed E-state index contributed by atoms with van der Waals surface area (Å²) in [5, 5.41) is 0. The molecule has 2 heterocycles. The van der Waals surface area contributed by atoms with Gasteiger partial charge in [-0.05, 0) is 20.8 Å². The number of carbonyl (C=O) groups excluding carboxylic acids is 2. The molecule has 108 valence electrons. The van der Waals surface area contributed by atoms with E-state index in [4.69, 9.17) is 9.47 Å². The third-order valence-electron chi connectivity index (χ3n) is 2.86. The molecular weight excluding hydrogens is 255 g/mol. The van der Waals surface area contributed by atoms with Gasteiger partial charge in [0, 0.05) is 0 Å². The zero-order valence-corrected chi connectivity index (χ0v) is 11.4. The number of amides is 2. The highest BCUT2D eigenvalue weighted by Crippen LogP contribution is 2.19. The van der Waals surface area contributed by atoms with Crippen LogP contribution >= 0.6 is 0 Å². The molecule has 0 N–H and O–H groups in total. The molecule has 0 unspecified atom stereocenters. The predicted octanol–water partition coefficient (Wildman–Crippen LogP) is 1.40. The van der Waals surface area contributed by atoms with Crippen molar-refractivity contribution in [3.8, 4) is 0 Å². The molecular formula is C12H19FN2O4. The number of ether oxygens (including phenoxy) is 2. The van der Waals surface area contributed by atoms with Crippen molar-refractivity contribution in [3.05, 3.63) is 0 Å². The Kier molecular flexibility index (Phi) is 3.56. The lowest BCUT2D eigenvalue weighted by Crippen LogP contribution is -2.59. The first kappa shape index (κ1) is 13.9. The fourth-order valence-corrected chi connectivity index (χ4v) is 1.78. The summed E-state index contributed by atoms with van der Waals surface area (Å²) in [5.74, 6) is 0. The maximum Gasteiger partial charge on any atom is 0.410 e. The molecule has 2 fully saturated rings. The molecule has 0 bridgehead atoms. The Morgan fingerprint density at radius 2 is 1.58 bits per heavy atom. The van der Waals surface area contributed by atoms with Gasteiger partial charge in [-0.25, -0.2) is 14.0 Å². The fraction of sp³-hybridized carbons (Fsp3) is 0.833. The SMILES string of the molecule is CC(C)(C)OC(=O)N1CC(OC(=O)N2CC(F)C2)C1. The third-order valence-corrected chi connectivity index (χ3v) is 2.86. The Balaban J connectivity index is 1.66. The number of nitrogens with zero attached hydrogens (tertiary/aromatic N) is 2. The molecule has 0 radical (unpaired) electrons. The molecule has 2 saturated heterocycles. The maximum atomic E-state index is 12.6. The number of hydrogen-bond acceptors (Lipinski definition) is 4. The second kappa shape index (κ2) is 4.86. The minimum Gasteiger partial charge on any atom is -0.444 e. The van der Waals surface area contributed by atoms with Crippen molar-refractivity contribution in [3.63, 3.8) is 0 Å². The van der Waals surface area contributed by atoms with Crippen LogP contribution in [-0.2, 0) is 9.47 Å². The lowest BCUT2D eigenvalue weighted by Gasteiger charge is -2.41. The highest BCUT2D eigenvalue weighted by atomic mass is 19.1. The van der Waals surface area contributed by atoms with Gasteiger partial charge in [0.1, 0.15) is 17.9 Å². The number of likely N-dealkylation sites (tertiary alicyclic amines) is 2. The van der Waals surface area contributed by atoms with Gasteiger partial charge in [-0.2, -0.15) is 0 Å². The van der Waals surface area contributed by atoms with E-state index < -0.39 is 24.0 Å². The van der Waals surface area contributed by atoms with E-state index in [2.05, 4.69) is 0 Å². The second-order valence-electron chi connectivity index (χ2n) is 5.89. The largest absolute Gasteiger partial charge is 0.444 e. The zero-order chi connectivity index (χ0) is 14.2. The van der Waals surface area contributed by atoms with Crippen LogP contribution in [0.5, 0.6) is 0 Å². The first-order valence-electron chi connectivity index (χ1n) is 6.32. The number of hydrogen-bond donors (Lipinski definition) is 0. The Hall–Kier alpha value is -1.53. The monoisotopic (exact) mass is 274 g/mol. The molecule has 0 atom stereocenters. The molecule has 0 spiro atoms. The average Bonchev–Trinajstić information content (AvgIpc) is 2.14. The van der Waals surface area contributed by atoms with Crippen LogP contribution in [0.3, 0.4) is 0 Å². The molecule has 6 nitrogen and oxygen atoms in total. The van der Waals surface area contributed by atoms with Crippen molar-refractivity contribution in [2.75, 3.05) is 26.2 Å². The minimum absolute atomic E-state index is 0.0985. The zero-order valence-electron chi connectivity index (χ0n) is 11.4. The Labute approximate surface area is 111 Å². The fourth-order valence-electron chi connectivity index (χ4n) is 1.78. The summed E-state index contributed by atoms with van der Waals surface area (Å²) < 4.78 is 22.9. The van der Waals surface area contributed by atoms with Crippen molar-refractivity contribution in [1.29, 1.82) is 0 Å². The minimum atomic E-state index is -0.938. The summed E-state index contributed by atoms with van der Waals surface area (Å²) in [6.07, 6.45) is -2.18. The number of carbonyl (C=O) groups is 2. The van der Waals surface area contributed by atoms with Crippen molar-refractivity contribution < 1.29 is 23.5 Å². The molecule has 0 saturated carbocycles. The molecule has 0 aliphatic carbocycles. The van der Waals surface area contributed by atoms with Gasteiger partial charge >= 0.3 is 12.2 Å². The van der Waals surface area contributed by atoms with Crippen LogP contribution in [-0.4, -0.2) is 66.0 Å². The van der Waals surface area contributed by atoms with Crippen LogP contribution in [0.4, 0.5) is 14.0 Å². The van der Waals surface area contributed by atoms with E-state index in [1.54, 1.807) is 20.8 Å². The van der Waals surface area contributed by atoms with E-state index >= 15 is 0 Å². The first-order chi connectivity index (χ1) is 8.74. The Morgan fingerprint density at radius 1 is 1.05 bits per heavy atom. The second-order valence-corrected chi connectivity index (χ2v) is 5.89. The van der Waals surface area contributed by atoms with Gasteiger partial charge in [-0.15, -0.1) is 0 Å². The smallest absolute Gasteiger partial charge is 0.410 e. The van der Waals surface area contributed by atoms with Gasteiger partial charge in [0.15, 0.2) is 0 Å². The Morgan fingerprint density at radius 3 is 2.05 bits per heavy atom. The maximum absolute atomic E-state index is 12.6. The lowest BCUT2D eigenvalue weighted by atomic mass is 10.1. The van der Waals surface area contributed by atoms with Gasteiger partial charge < -0.3 is 19.3 Å². The molecule has 0 aromatic rings. The summed E-state index contributed by atoms with van der Waals surface area (Å²) in [4.78, 5) is 25.9. The molecule has 0 aromatic carbocycles. The van der Waals surface area contributed by atoms with Crippen LogP contribution in [0, 0.1) is 0 Å². The summed E-state index contributed by atoms with van der Waals surface area (Å²) >= 11 is 0. The molecule has 7 heteroatoms. The quantitative estimate of drug-likeness (QED) is 0.725. The summed E-state index contributed by atoms with van der Waals surface area (Å²) in [5.41, 5.74) is -0.535. The summed E-state index contributed by atoms with van der Waals surface area (Å²) in [7, 11) is 0. The molecule has 0 aromatic heterocycles. The van der Waals surface area contributed by atoms with E-state index in [1.165, 1.54) is 9.80 Å². The van der Waals surface area contributed by atoms with Crippen molar-refractivity contribution in [1.82, 2.24) is 9.80 Å². The highest BCUT2D eigenvalue weighted by molar-refractivity contribution is 5.71. The highest BCUT2D eigenvalue weighted by Gasteiger charge is 2.39. The molecule has 2 amide bonds. The summed E-state index contributed by atoms with van der Waals surface area (Å²) in [6, 6.07) is 0. The van der Waals surface area contributed by atoms with E-state index in [9.17, 15) is 14.0 Å². The molecule has 2 aliphatic heterocycles. The van der Waals surface area contributed by atoms with Crippen molar-refractivity contribution >= 4 is 12.2 Å². The number of rotatable bonds is 1. The van der Waals surface area contributed by atoms with Gasteiger partial charge in [0.05, 0.1) is 26.2 Å². The number of halogens is 1. The van der Waals surface area contributed by atoms with E-state index in [0.717, 1.165) is 0 Å². The third kappa shape index (κ3) is 3.48. The standard InChI is InChI=1S/C12H19FN2O4/c1-12(2,3)19-11(17)15-6-9(7-15)18-10(16)14-4-8(13)5-14/h8-9H,4-7H2,1-3H3. The Bertz CT molecular complexity index is 370. The van der Waals surface area contributed by atoms with Crippen LogP contribution in [0.1, 0.15) is 20.8 Å². The predicted molar refractivity (Wildman–Crippen MR) is 64.5 cm³/mol. The van der Waals surface area contributed by atoms with Gasteiger partial charge in [0.2, 0.25) is 0 Å².